The predicted molar refractivity (Wildman–Crippen MR) is 86.9 cm³/mol. The maximum Gasteiger partial charge on any atom is 0.265 e. The molecule has 3 rings (SSSR count). The first kappa shape index (κ1) is 14.1. The normalized spacial score (nSPS) is 11.9. The minimum Gasteiger partial charge on any atom is -0.481 e. The van der Waals surface area contributed by atoms with E-state index in [2.05, 4.69) is 10.3 Å². The highest BCUT2D eigenvalue weighted by molar-refractivity contribution is 5.94. The van der Waals surface area contributed by atoms with E-state index in [1.807, 2.05) is 42.5 Å². The van der Waals surface area contributed by atoms with Crippen molar-refractivity contribution in [3.8, 4) is 5.75 Å². The largest absolute Gasteiger partial charge is 0.481 e. The van der Waals surface area contributed by atoms with Crippen molar-refractivity contribution >= 4 is 22.4 Å². The van der Waals surface area contributed by atoms with E-state index in [1.165, 1.54) is 0 Å². The lowest BCUT2D eigenvalue weighted by Crippen LogP contribution is -2.30. The number of anilines is 1. The zero-order valence-corrected chi connectivity index (χ0v) is 12.2. The first-order chi connectivity index (χ1) is 10.7. The van der Waals surface area contributed by atoms with Crippen LogP contribution in [0.15, 0.2) is 67.0 Å². The quantitative estimate of drug-likeness (QED) is 0.798. The summed E-state index contributed by atoms with van der Waals surface area (Å²) in [5.41, 5.74) is 0.654. The number of hydrogen-bond acceptors (Lipinski definition) is 3. The summed E-state index contributed by atoms with van der Waals surface area (Å²) in [6, 6.07) is 17.4. The summed E-state index contributed by atoms with van der Waals surface area (Å²) < 4.78 is 5.72. The number of carbonyl (C=O) groups is 1. The summed E-state index contributed by atoms with van der Waals surface area (Å²) in [6.45, 7) is 1.72. The van der Waals surface area contributed by atoms with Gasteiger partial charge in [-0.25, -0.2) is 0 Å². The van der Waals surface area contributed by atoms with E-state index in [1.54, 1.807) is 31.5 Å². The first-order valence-electron chi connectivity index (χ1n) is 7.09. The molecule has 0 aliphatic carbocycles. The fraction of sp³-hybridized carbons (Fsp3) is 0.111. The number of nitrogens with zero attached hydrogens (tertiary/aromatic N) is 1. The second-order valence-electron chi connectivity index (χ2n) is 5.00. The number of benzene rings is 2. The van der Waals surface area contributed by atoms with Gasteiger partial charge in [0, 0.05) is 6.20 Å². The van der Waals surface area contributed by atoms with Crippen LogP contribution in [0.25, 0.3) is 10.8 Å². The summed E-state index contributed by atoms with van der Waals surface area (Å²) in [5, 5.41) is 5.00. The lowest BCUT2D eigenvalue weighted by Gasteiger charge is -2.15. The van der Waals surface area contributed by atoms with Crippen LogP contribution in [0.1, 0.15) is 6.92 Å². The molecule has 0 bridgehead atoms. The van der Waals surface area contributed by atoms with Gasteiger partial charge in [-0.1, -0.05) is 30.3 Å². The second-order valence-corrected chi connectivity index (χ2v) is 5.00. The number of nitrogens with one attached hydrogen (secondary N) is 1. The molecular formula is C18H16N2O2. The van der Waals surface area contributed by atoms with Crippen molar-refractivity contribution in [3.63, 3.8) is 0 Å². The van der Waals surface area contributed by atoms with Gasteiger partial charge in [0.1, 0.15) is 5.75 Å². The summed E-state index contributed by atoms with van der Waals surface area (Å²) in [4.78, 5) is 16.1. The van der Waals surface area contributed by atoms with Gasteiger partial charge in [-0.05, 0) is 42.0 Å². The Hall–Kier alpha value is -2.88. The number of ether oxygens (including phenoxy) is 1. The molecule has 1 unspecified atom stereocenters. The van der Waals surface area contributed by atoms with Crippen LogP contribution < -0.4 is 10.1 Å². The standard InChI is InChI=1S/C18H16N2O2/c1-13(18(21)20-16-7-4-10-19-12-16)22-17-9-8-14-5-2-3-6-15(14)11-17/h2-13H,1H3,(H,20,21). The molecule has 0 saturated carbocycles. The molecule has 1 aromatic heterocycles. The van der Waals surface area contributed by atoms with Crippen molar-refractivity contribution in [2.75, 3.05) is 5.32 Å². The maximum atomic E-state index is 12.1. The Labute approximate surface area is 128 Å². The van der Waals surface area contributed by atoms with E-state index in [4.69, 9.17) is 4.74 Å². The molecule has 1 heterocycles. The fourth-order valence-electron chi connectivity index (χ4n) is 2.18. The smallest absolute Gasteiger partial charge is 0.265 e. The number of pyridine rings is 1. The van der Waals surface area contributed by atoms with Gasteiger partial charge in [0.05, 0.1) is 11.9 Å². The average molecular weight is 292 g/mol. The van der Waals surface area contributed by atoms with Gasteiger partial charge in [-0.3, -0.25) is 9.78 Å². The molecule has 0 saturated heterocycles. The molecule has 3 aromatic rings. The van der Waals surface area contributed by atoms with Crippen LogP contribution in [0, 0.1) is 0 Å². The molecule has 22 heavy (non-hydrogen) atoms. The Kier molecular flexibility index (Phi) is 4.01. The number of fused-ring (bicyclic) bond motifs is 1. The van der Waals surface area contributed by atoms with Crippen LogP contribution in [0.5, 0.6) is 5.75 Å². The number of hydrogen-bond donors (Lipinski definition) is 1. The summed E-state index contributed by atoms with van der Waals surface area (Å²) in [7, 11) is 0. The van der Waals surface area contributed by atoms with Crippen molar-refractivity contribution in [3.05, 3.63) is 67.0 Å². The van der Waals surface area contributed by atoms with E-state index in [0.29, 0.717) is 11.4 Å². The van der Waals surface area contributed by atoms with E-state index >= 15 is 0 Å². The molecule has 0 fully saturated rings. The van der Waals surface area contributed by atoms with E-state index < -0.39 is 6.10 Å². The van der Waals surface area contributed by atoms with E-state index in [-0.39, 0.29) is 5.91 Å². The molecule has 110 valence electrons. The molecule has 1 atom stereocenters. The summed E-state index contributed by atoms with van der Waals surface area (Å²) in [6.07, 6.45) is 2.66. The van der Waals surface area contributed by atoms with Gasteiger partial charge in [-0.2, -0.15) is 0 Å². The van der Waals surface area contributed by atoms with Gasteiger partial charge in [0.25, 0.3) is 5.91 Å². The molecule has 1 N–H and O–H groups in total. The number of aromatic nitrogens is 1. The lowest BCUT2D eigenvalue weighted by atomic mass is 10.1. The second kappa shape index (κ2) is 6.26. The summed E-state index contributed by atoms with van der Waals surface area (Å²) in [5.74, 6) is 0.466. The van der Waals surface area contributed by atoms with Gasteiger partial charge in [0.15, 0.2) is 6.10 Å². The molecule has 0 aliphatic rings. The van der Waals surface area contributed by atoms with Crippen molar-refractivity contribution in [1.29, 1.82) is 0 Å². The van der Waals surface area contributed by atoms with Crippen molar-refractivity contribution in [1.82, 2.24) is 4.98 Å². The average Bonchev–Trinajstić information content (AvgIpc) is 2.55. The van der Waals surface area contributed by atoms with Gasteiger partial charge in [0.2, 0.25) is 0 Å². The molecule has 2 aromatic carbocycles. The predicted octanol–water partition coefficient (Wildman–Crippen LogP) is 3.64. The van der Waals surface area contributed by atoms with Gasteiger partial charge >= 0.3 is 0 Å². The van der Waals surface area contributed by atoms with Gasteiger partial charge in [-0.15, -0.1) is 0 Å². The minimum absolute atomic E-state index is 0.207. The monoisotopic (exact) mass is 292 g/mol. The van der Waals surface area contributed by atoms with Crippen molar-refractivity contribution in [2.24, 2.45) is 0 Å². The SMILES string of the molecule is CC(Oc1ccc2ccccc2c1)C(=O)Nc1cccnc1. The number of amides is 1. The lowest BCUT2D eigenvalue weighted by molar-refractivity contribution is -0.122. The van der Waals surface area contributed by atoms with Crippen LogP contribution in [-0.4, -0.2) is 17.0 Å². The van der Waals surface area contributed by atoms with Crippen LogP contribution in [0.2, 0.25) is 0 Å². The molecule has 0 radical (unpaired) electrons. The number of rotatable bonds is 4. The van der Waals surface area contributed by atoms with Crippen LogP contribution in [0.4, 0.5) is 5.69 Å². The van der Waals surface area contributed by atoms with Crippen LogP contribution in [-0.2, 0) is 4.79 Å². The molecule has 1 amide bonds. The Morgan fingerprint density at radius 3 is 2.68 bits per heavy atom. The summed E-state index contributed by atoms with van der Waals surface area (Å²) >= 11 is 0. The number of carbonyl (C=O) groups excluding carboxylic acids is 1. The Morgan fingerprint density at radius 2 is 1.91 bits per heavy atom. The molecule has 4 heteroatoms. The minimum atomic E-state index is -0.596. The molecule has 0 spiro atoms. The maximum absolute atomic E-state index is 12.1. The Balaban J connectivity index is 1.69. The third kappa shape index (κ3) is 3.23. The Bertz CT molecular complexity index is 787. The Morgan fingerprint density at radius 1 is 1.09 bits per heavy atom. The third-order valence-corrected chi connectivity index (χ3v) is 3.33. The topological polar surface area (TPSA) is 51.2 Å². The van der Waals surface area contributed by atoms with E-state index in [0.717, 1.165) is 10.8 Å². The first-order valence-corrected chi connectivity index (χ1v) is 7.09. The van der Waals surface area contributed by atoms with Crippen molar-refractivity contribution < 1.29 is 9.53 Å². The van der Waals surface area contributed by atoms with Crippen LogP contribution >= 0.6 is 0 Å². The van der Waals surface area contributed by atoms with E-state index in [9.17, 15) is 4.79 Å². The zero-order valence-electron chi connectivity index (χ0n) is 12.2. The highest BCUT2D eigenvalue weighted by Gasteiger charge is 2.15. The molecule has 4 nitrogen and oxygen atoms in total. The third-order valence-electron chi connectivity index (χ3n) is 3.33. The highest BCUT2D eigenvalue weighted by Crippen LogP contribution is 2.21. The highest BCUT2D eigenvalue weighted by atomic mass is 16.5. The fourth-order valence-corrected chi connectivity index (χ4v) is 2.18. The van der Waals surface area contributed by atoms with Crippen LogP contribution in [0.3, 0.4) is 0 Å². The molecular weight excluding hydrogens is 276 g/mol. The van der Waals surface area contributed by atoms with Gasteiger partial charge < -0.3 is 10.1 Å². The molecule has 0 aliphatic heterocycles. The zero-order chi connectivity index (χ0) is 15.4. The van der Waals surface area contributed by atoms with Crippen molar-refractivity contribution in [2.45, 2.75) is 13.0 Å².